The third kappa shape index (κ3) is 12.1. The molecule has 10 nitrogen and oxygen atoms in total. The van der Waals surface area contributed by atoms with Crippen LogP contribution in [-0.4, -0.2) is 66.5 Å². The van der Waals surface area contributed by atoms with Gasteiger partial charge >= 0.3 is 5.97 Å². The quantitative estimate of drug-likeness (QED) is 0.132. The first-order valence-electron chi connectivity index (χ1n) is 14.3. The van der Waals surface area contributed by atoms with Gasteiger partial charge in [-0.3, -0.25) is 4.79 Å². The highest BCUT2D eigenvalue weighted by Gasteiger charge is 2.30. The van der Waals surface area contributed by atoms with Crippen molar-refractivity contribution in [2.45, 2.75) is 89.4 Å². The van der Waals surface area contributed by atoms with Crippen molar-refractivity contribution in [1.29, 1.82) is 0 Å². The van der Waals surface area contributed by atoms with Crippen LogP contribution in [0.2, 0.25) is 0 Å². The number of nitrogens with zero attached hydrogens (tertiary/aromatic N) is 1. The molecule has 2 aromatic rings. The maximum absolute atomic E-state index is 12.9. The SMILES string of the molecule is CC(=O)ON(C(C)C)S(=O)(=O)c1cccc(CCCCOCCCCCCNC[C@@H](O)c2ccc(O)c(CO)c2)c1. The van der Waals surface area contributed by atoms with Gasteiger partial charge in [-0.15, -0.1) is 0 Å². The summed E-state index contributed by atoms with van der Waals surface area (Å²) in [6.07, 6.45) is 5.85. The molecule has 0 unspecified atom stereocenters. The Labute approximate surface area is 244 Å². The van der Waals surface area contributed by atoms with E-state index in [1.54, 1.807) is 38.1 Å². The summed E-state index contributed by atoms with van der Waals surface area (Å²) in [6, 6.07) is 10.9. The molecule has 0 radical (unpaired) electrons. The monoisotopic (exact) mass is 594 g/mol. The van der Waals surface area contributed by atoms with Crippen LogP contribution in [0.3, 0.4) is 0 Å². The van der Waals surface area contributed by atoms with E-state index < -0.39 is 28.1 Å². The lowest BCUT2D eigenvalue weighted by molar-refractivity contribution is -0.170. The summed E-state index contributed by atoms with van der Waals surface area (Å²) in [5.74, 6) is -0.664. The van der Waals surface area contributed by atoms with E-state index in [1.165, 1.54) is 19.1 Å². The predicted octanol–water partition coefficient (Wildman–Crippen LogP) is 3.98. The van der Waals surface area contributed by atoms with Gasteiger partial charge in [0.15, 0.2) is 0 Å². The second-order valence-electron chi connectivity index (χ2n) is 10.3. The van der Waals surface area contributed by atoms with E-state index in [0.717, 1.165) is 61.5 Å². The third-order valence-electron chi connectivity index (χ3n) is 6.47. The van der Waals surface area contributed by atoms with Crippen LogP contribution in [-0.2, 0) is 37.4 Å². The molecule has 41 heavy (non-hydrogen) atoms. The number of ether oxygens (including phenoxy) is 1. The number of aromatic hydroxyl groups is 1. The van der Waals surface area contributed by atoms with Crippen molar-refractivity contribution in [1.82, 2.24) is 9.79 Å². The second-order valence-corrected chi connectivity index (χ2v) is 12.1. The normalized spacial score (nSPS) is 12.7. The Morgan fingerprint density at radius 2 is 1.71 bits per heavy atom. The first kappa shape index (κ1) is 34.7. The Balaban J connectivity index is 1.55. The number of benzene rings is 2. The number of rotatable bonds is 20. The van der Waals surface area contributed by atoms with Gasteiger partial charge in [0, 0.05) is 32.2 Å². The molecule has 0 spiro atoms. The number of aryl methyl sites for hydroxylation is 1. The molecule has 0 saturated carbocycles. The summed E-state index contributed by atoms with van der Waals surface area (Å²) in [6.45, 7) is 6.75. The number of hydroxylamine groups is 1. The van der Waals surface area contributed by atoms with Crippen molar-refractivity contribution in [2.24, 2.45) is 0 Å². The van der Waals surface area contributed by atoms with Crippen LogP contribution in [0.5, 0.6) is 5.75 Å². The molecular weight excluding hydrogens is 548 g/mol. The van der Waals surface area contributed by atoms with E-state index in [2.05, 4.69) is 5.32 Å². The van der Waals surface area contributed by atoms with Crippen molar-refractivity contribution in [3.05, 3.63) is 59.2 Å². The van der Waals surface area contributed by atoms with Gasteiger partial charge in [-0.1, -0.05) is 31.0 Å². The Kier molecular flexibility index (Phi) is 15.3. The largest absolute Gasteiger partial charge is 0.508 e. The molecule has 11 heteroatoms. The van der Waals surface area contributed by atoms with Crippen LogP contribution in [0.15, 0.2) is 47.4 Å². The lowest BCUT2D eigenvalue weighted by Crippen LogP contribution is -2.38. The lowest BCUT2D eigenvalue weighted by atomic mass is 10.1. The molecule has 2 rings (SSSR count). The van der Waals surface area contributed by atoms with Gasteiger partial charge in [-0.25, -0.2) is 8.42 Å². The Morgan fingerprint density at radius 3 is 2.39 bits per heavy atom. The first-order chi connectivity index (χ1) is 19.6. The first-order valence-corrected chi connectivity index (χ1v) is 15.7. The fourth-order valence-corrected chi connectivity index (χ4v) is 5.78. The van der Waals surface area contributed by atoms with Crippen LogP contribution in [0.1, 0.15) is 82.1 Å². The molecule has 0 aliphatic rings. The number of hydrogen-bond acceptors (Lipinski definition) is 9. The predicted molar refractivity (Wildman–Crippen MR) is 156 cm³/mol. The molecule has 230 valence electrons. The number of phenols is 1. The van der Waals surface area contributed by atoms with E-state index in [9.17, 15) is 28.5 Å². The summed E-state index contributed by atoms with van der Waals surface area (Å²) < 4.78 is 32.4. The Morgan fingerprint density at radius 1 is 1.00 bits per heavy atom. The van der Waals surface area contributed by atoms with Gasteiger partial charge in [-0.2, -0.15) is 0 Å². The van der Waals surface area contributed by atoms with Gasteiger partial charge in [0.25, 0.3) is 10.0 Å². The topological polar surface area (TPSA) is 146 Å². The van der Waals surface area contributed by atoms with Gasteiger partial charge in [-0.05, 0) is 92.4 Å². The molecule has 1 atom stereocenters. The van der Waals surface area contributed by atoms with E-state index in [0.29, 0.717) is 30.9 Å². The van der Waals surface area contributed by atoms with Crippen LogP contribution >= 0.6 is 0 Å². The zero-order chi connectivity index (χ0) is 30.3. The molecule has 0 heterocycles. The van der Waals surface area contributed by atoms with Gasteiger partial charge < -0.3 is 30.2 Å². The molecule has 0 fully saturated rings. The lowest BCUT2D eigenvalue weighted by Gasteiger charge is -2.23. The summed E-state index contributed by atoms with van der Waals surface area (Å²) in [5, 5.41) is 32.4. The molecule has 0 aliphatic heterocycles. The summed E-state index contributed by atoms with van der Waals surface area (Å²) >= 11 is 0. The summed E-state index contributed by atoms with van der Waals surface area (Å²) in [7, 11) is -3.96. The van der Waals surface area contributed by atoms with E-state index in [-0.39, 0.29) is 17.3 Å². The highest BCUT2D eigenvalue weighted by Crippen LogP contribution is 2.23. The van der Waals surface area contributed by atoms with E-state index in [1.807, 2.05) is 6.07 Å². The standard InChI is InChI=1S/C30H46N2O8S/c1-23(2)32(40-24(3)34)41(37,38)28-13-10-12-25(19-28)11-6-9-18-39-17-8-5-4-7-16-31-21-30(36)26-14-15-29(35)27(20-26)22-33/h10,12-15,19-20,23,30-31,33,35-36H,4-9,11,16-18,21-22H2,1-3H3/t30-/m1/s1. The highest BCUT2D eigenvalue weighted by molar-refractivity contribution is 7.89. The maximum Gasteiger partial charge on any atom is 0.323 e. The zero-order valence-corrected chi connectivity index (χ0v) is 25.2. The van der Waals surface area contributed by atoms with Crippen LogP contribution in [0.4, 0.5) is 0 Å². The van der Waals surface area contributed by atoms with Gasteiger partial charge in [0.2, 0.25) is 0 Å². The molecule has 0 aromatic heterocycles. The van der Waals surface area contributed by atoms with Gasteiger partial charge in [0.05, 0.1) is 23.6 Å². The van der Waals surface area contributed by atoms with Crippen molar-refractivity contribution in [2.75, 3.05) is 26.3 Å². The molecule has 0 amide bonds. The number of aliphatic hydroxyl groups excluding tert-OH is 2. The van der Waals surface area contributed by atoms with Crippen LogP contribution in [0.25, 0.3) is 0 Å². The van der Waals surface area contributed by atoms with Crippen molar-refractivity contribution >= 4 is 16.0 Å². The number of aliphatic hydroxyl groups is 2. The molecule has 2 aromatic carbocycles. The molecule has 4 N–H and O–H groups in total. The Hall–Kier alpha value is -2.54. The fraction of sp³-hybridized carbons (Fsp3) is 0.567. The average molecular weight is 595 g/mol. The molecule has 0 aliphatic carbocycles. The second kappa shape index (κ2) is 18.1. The van der Waals surface area contributed by atoms with E-state index >= 15 is 0 Å². The number of carbonyl (C=O) groups excluding carboxylic acids is 1. The van der Waals surface area contributed by atoms with Crippen molar-refractivity contribution in [3.8, 4) is 5.75 Å². The van der Waals surface area contributed by atoms with Gasteiger partial charge in [0.1, 0.15) is 5.75 Å². The minimum Gasteiger partial charge on any atom is -0.508 e. The Bertz CT molecular complexity index is 1170. The van der Waals surface area contributed by atoms with Crippen molar-refractivity contribution < 1.29 is 38.1 Å². The molecule has 0 saturated heterocycles. The summed E-state index contributed by atoms with van der Waals surface area (Å²) in [5.41, 5.74) is 1.96. The van der Waals surface area contributed by atoms with Crippen molar-refractivity contribution in [3.63, 3.8) is 0 Å². The molecular formula is C30H46N2O8S. The fourth-order valence-electron chi connectivity index (χ4n) is 4.26. The number of hydrogen-bond donors (Lipinski definition) is 4. The number of sulfonamides is 1. The smallest absolute Gasteiger partial charge is 0.323 e. The van der Waals surface area contributed by atoms with E-state index in [4.69, 9.17) is 9.57 Å². The average Bonchev–Trinajstić information content (AvgIpc) is 2.94. The summed E-state index contributed by atoms with van der Waals surface area (Å²) in [4.78, 5) is 16.4. The molecule has 0 bridgehead atoms. The minimum absolute atomic E-state index is 0.0228. The number of nitrogens with one attached hydrogen (secondary N) is 1. The minimum atomic E-state index is -3.96. The number of carbonyl (C=O) groups is 1. The van der Waals surface area contributed by atoms with Crippen LogP contribution in [0, 0.1) is 0 Å². The zero-order valence-electron chi connectivity index (χ0n) is 24.4. The number of unbranched alkanes of at least 4 members (excludes halogenated alkanes) is 4. The third-order valence-corrected chi connectivity index (χ3v) is 8.29. The van der Waals surface area contributed by atoms with Crippen LogP contribution < -0.4 is 5.32 Å². The maximum atomic E-state index is 12.9. The highest BCUT2D eigenvalue weighted by atomic mass is 32.2.